The lowest BCUT2D eigenvalue weighted by molar-refractivity contribution is -0.133. The van der Waals surface area contributed by atoms with E-state index in [0.29, 0.717) is 17.7 Å². The van der Waals surface area contributed by atoms with Crippen LogP contribution in [0.4, 0.5) is 10.5 Å². The van der Waals surface area contributed by atoms with E-state index < -0.39 is 17.5 Å². The van der Waals surface area contributed by atoms with Crippen LogP contribution in [0.5, 0.6) is 0 Å². The molecule has 0 radical (unpaired) electrons. The molecule has 2 N–H and O–H groups in total. The first-order valence-corrected chi connectivity index (χ1v) is 10.4. The SMILES string of the molecule is CCCCCCCC1(C)NC(=O)N(CC(=O)Nc2ccc(C(=O)N(C)C)cc2)C1=O. The highest BCUT2D eigenvalue weighted by atomic mass is 16.2. The molecule has 8 nitrogen and oxygen atoms in total. The predicted octanol–water partition coefficient (Wildman–Crippen LogP) is 3.00. The van der Waals surface area contributed by atoms with Crippen molar-refractivity contribution in [2.45, 2.75) is 57.9 Å². The average molecular weight is 417 g/mol. The van der Waals surface area contributed by atoms with Gasteiger partial charge in [-0.25, -0.2) is 4.79 Å². The minimum atomic E-state index is -0.961. The van der Waals surface area contributed by atoms with Crippen molar-refractivity contribution in [1.29, 1.82) is 0 Å². The van der Waals surface area contributed by atoms with E-state index in [0.717, 1.165) is 37.0 Å². The Labute approximate surface area is 178 Å². The second kappa shape index (κ2) is 10.2. The van der Waals surface area contributed by atoms with Crippen LogP contribution >= 0.6 is 0 Å². The third kappa shape index (κ3) is 5.81. The maximum absolute atomic E-state index is 12.7. The van der Waals surface area contributed by atoms with Gasteiger partial charge in [-0.15, -0.1) is 0 Å². The fourth-order valence-corrected chi connectivity index (χ4v) is 3.44. The molecule has 0 aliphatic carbocycles. The molecule has 0 aromatic heterocycles. The van der Waals surface area contributed by atoms with Crippen LogP contribution in [0.15, 0.2) is 24.3 Å². The van der Waals surface area contributed by atoms with E-state index in [1.54, 1.807) is 45.3 Å². The summed E-state index contributed by atoms with van der Waals surface area (Å²) < 4.78 is 0. The molecular weight excluding hydrogens is 384 g/mol. The number of hydrogen-bond donors (Lipinski definition) is 2. The van der Waals surface area contributed by atoms with E-state index in [1.807, 2.05) is 0 Å². The summed E-state index contributed by atoms with van der Waals surface area (Å²) in [5, 5.41) is 5.40. The Bertz CT molecular complexity index is 791. The molecule has 1 unspecified atom stereocenters. The third-order valence-electron chi connectivity index (χ3n) is 5.25. The van der Waals surface area contributed by atoms with Crippen molar-refractivity contribution in [2.24, 2.45) is 0 Å². The lowest BCUT2D eigenvalue weighted by atomic mass is 9.94. The van der Waals surface area contributed by atoms with Crippen molar-refractivity contribution >= 4 is 29.4 Å². The summed E-state index contributed by atoms with van der Waals surface area (Å²) in [6.07, 6.45) is 5.83. The number of rotatable bonds is 10. The third-order valence-corrected chi connectivity index (χ3v) is 5.25. The number of hydrogen-bond acceptors (Lipinski definition) is 4. The van der Waals surface area contributed by atoms with E-state index in [9.17, 15) is 19.2 Å². The maximum atomic E-state index is 12.7. The van der Waals surface area contributed by atoms with E-state index >= 15 is 0 Å². The van der Waals surface area contributed by atoms with Crippen molar-refractivity contribution < 1.29 is 19.2 Å². The summed E-state index contributed by atoms with van der Waals surface area (Å²) in [6, 6.07) is 5.91. The molecule has 5 amide bonds. The smallest absolute Gasteiger partial charge is 0.325 e. The molecule has 30 heavy (non-hydrogen) atoms. The Balaban J connectivity index is 1.91. The van der Waals surface area contributed by atoms with Gasteiger partial charge in [0.1, 0.15) is 12.1 Å². The molecule has 0 bridgehead atoms. The highest BCUT2D eigenvalue weighted by Crippen LogP contribution is 2.24. The second-order valence-corrected chi connectivity index (χ2v) is 8.14. The van der Waals surface area contributed by atoms with Crippen LogP contribution in [0.1, 0.15) is 62.7 Å². The minimum Gasteiger partial charge on any atom is -0.345 e. The number of carbonyl (C=O) groups excluding carboxylic acids is 4. The normalized spacial score (nSPS) is 18.3. The van der Waals surface area contributed by atoms with Crippen LogP contribution in [-0.4, -0.2) is 59.7 Å². The van der Waals surface area contributed by atoms with Crippen molar-refractivity contribution in [3.8, 4) is 0 Å². The number of amides is 5. The van der Waals surface area contributed by atoms with Gasteiger partial charge in [0, 0.05) is 25.3 Å². The zero-order valence-corrected chi connectivity index (χ0v) is 18.3. The lowest BCUT2D eigenvalue weighted by Gasteiger charge is -2.21. The van der Waals surface area contributed by atoms with Crippen molar-refractivity contribution in [3.63, 3.8) is 0 Å². The summed E-state index contributed by atoms with van der Waals surface area (Å²) >= 11 is 0. The topological polar surface area (TPSA) is 98.8 Å². The zero-order chi connectivity index (χ0) is 22.3. The van der Waals surface area contributed by atoms with Gasteiger partial charge in [-0.1, -0.05) is 39.0 Å². The van der Waals surface area contributed by atoms with Crippen LogP contribution in [0.2, 0.25) is 0 Å². The highest BCUT2D eigenvalue weighted by molar-refractivity contribution is 6.10. The predicted molar refractivity (Wildman–Crippen MR) is 115 cm³/mol. The number of nitrogens with zero attached hydrogens (tertiary/aromatic N) is 2. The molecule has 1 aromatic rings. The molecule has 1 aromatic carbocycles. The van der Waals surface area contributed by atoms with Crippen molar-refractivity contribution in [2.75, 3.05) is 26.0 Å². The summed E-state index contributed by atoms with van der Waals surface area (Å²) in [4.78, 5) is 51.7. The van der Waals surface area contributed by atoms with Gasteiger partial charge in [0.25, 0.3) is 11.8 Å². The first kappa shape index (κ1) is 23.4. The van der Waals surface area contributed by atoms with Crippen LogP contribution in [0.3, 0.4) is 0 Å². The van der Waals surface area contributed by atoms with Crippen LogP contribution < -0.4 is 10.6 Å². The molecule has 164 valence electrons. The van der Waals surface area contributed by atoms with Crippen LogP contribution in [-0.2, 0) is 9.59 Å². The van der Waals surface area contributed by atoms with Crippen LogP contribution in [0.25, 0.3) is 0 Å². The van der Waals surface area contributed by atoms with Gasteiger partial charge in [0.15, 0.2) is 0 Å². The first-order valence-electron chi connectivity index (χ1n) is 10.4. The molecule has 1 aliphatic rings. The van der Waals surface area contributed by atoms with E-state index in [2.05, 4.69) is 17.6 Å². The summed E-state index contributed by atoms with van der Waals surface area (Å²) in [6.45, 7) is 3.50. The first-order chi connectivity index (χ1) is 14.2. The maximum Gasteiger partial charge on any atom is 0.325 e. The quantitative estimate of drug-likeness (QED) is 0.452. The Hall–Kier alpha value is -2.90. The van der Waals surface area contributed by atoms with Gasteiger partial charge in [-0.2, -0.15) is 0 Å². The van der Waals surface area contributed by atoms with Gasteiger partial charge in [0.2, 0.25) is 5.91 Å². The number of benzene rings is 1. The molecule has 1 aliphatic heterocycles. The Morgan fingerprint density at radius 3 is 2.30 bits per heavy atom. The number of unbranched alkanes of at least 4 members (excludes halogenated alkanes) is 4. The number of carbonyl (C=O) groups is 4. The van der Waals surface area contributed by atoms with Crippen molar-refractivity contribution in [3.05, 3.63) is 29.8 Å². The number of anilines is 1. The summed E-state index contributed by atoms with van der Waals surface area (Å²) in [5.41, 5.74) is 0.0282. The van der Waals surface area contributed by atoms with E-state index in [-0.39, 0.29) is 18.4 Å². The van der Waals surface area contributed by atoms with Gasteiger partial charge in [-0.05, 0) is 37.6 Å². The van der Waals surface area contributed by atoms with Gasteiger partial charge >= 0.3 is 6.03 Å². The highest BCUT2D eigenvalue weighted by Gasteiger charge is 2.47. The molecular formula is C22H32N4O4. The van der Waals surface area contributed by atoms with Crippen LogP contribution in [0, 0.1) is 0 Å². The number of urea groups is 1. The standard InChI is InChI=1S/C22H32N4O4/c1-5-6-7-8-9-14-22(2)20(29)26(21(30)24-22)15-18(27)23-17-12-10-16(11-13-17)19(28)25(3)4/h10-13H,5-9,14-15H2,1-4H3,(H,23,27)(H,24,30). The van der Waals surface area contributed by atoms with Gasteiger partial charge in [-0.3, -0.25) is 19.3 Å². The Morgan fingerprint density at radius 2 is 1.70 bits per heavy atom. The Kier molecular flexibility index (Phi) is 7.97. The van der Waals surface area contributed by atoms with Gasteiger partial charge < -0.3 is 15.5 Å². The molecule has 0 saturated carbocycles. The Morgan fingerprint density at radius 1 is 1.07 bits per heavy atom. The largest absolute Gasteiger partial charge is 0.345 e. The fraction of sp³-hybridized carbons (Fsp3) is 0.545. The molecule has 1 saturated heterocycles. The summed E-state index contributed by atoms with van der Waals surface area (Å²) in [5.74, 6) is -0.983. The molecule has 2 rings (SSSR count). The number of nitrogens with one attached hydrogen (secondary N) is 2. The molecule has 1 fully saturated rings. The molecule has 0 spiro atoms. The fourth-order valence-electron chi connectivity index (χ4n) is 3.44. The number of imide groups is 1. The van der Waals surface area contributed by atoms with E-state index in [4.69, 9.17) is 0 Å². The summed E-state index contributed by atoms with van der Waals surface area (Å²) in [7, 11) is 3.32. The molecule has 8 heteroatoms. The van der Waals surface area contributed by atoms with Gasteiger partial charge in [0.05, 0.1) is 0 Å². The lowest BCUT2D eigenvalue weighted by Crippen LogP contribution is -2.44. The zero-order valence-electron chi connectivity index (χ0n) is 18.3. The monoisotopic (exact) mass is 416 g/mol. The van der Waals surface area contributed by atoms with E-state index in [1.165, 1.54) is 4.90 Å². The molecule has 1 atom stereocenters. The average Bonchev–Trinajstić information content (AvgIpc) is 2.91. The second-order valence-electron chi connectivity index (χ2n) is 8.14. The molecule has 1 heterocycles. The minimum absolute atomic E-state index is 0.138. The van der Waals surface area contributed by atoms with Crippen molar-refractivity contribution in [1.82, 2.24) is 15.1 Å².